The van der Waals surface area contributed by atoms with Crippen molar-refractivity contribution in [3.05, 3.63) is 29.8 Å². The topological polar surface area (TPSA) is 9.23 Å². The minimum absolute atomic E-state index is 0.203. The summed E-state index contributed by atoms with van der Waals surface area (Å²) in [7, 11) is -0.993. The number of hydrogen-bond donors (Lipinski definition) is 0. The molecule has 0 aliphatic rings. The molecular formula is C14H24OSi. The van der Waals surface area contributed by atoms with E-state index >= 15 is 0 Å². The monoisotopic (exact) mass is 236 g/mol. The second kappa shape index (κ2) is 5.53. The van der Waals surface area contributed by atoms with Gasteiger partial charge in [-0.2, -0.15) is 0 Å². The minimum Gasteiger partial charge on any atom is -0.546 e. The van der Waals surface area contributed by atoms with Gasteiger partial charge in [0.25, 0.3) is 0 Å². The molecule has 0 atom stereocenters. The van der Waals surface area contributed by atoms with E-state index in [0.29, 0.717) is 0 Å². The van der Waals surface area contributed by atoms with E-state index in [1.54, 1.807) is 0 Å². The van der Waals surface area contributed by atoms with Gasteiger partial charge >= 0.3 is 0 Å². The smallest absolute Gasteiger partial charge is 0.234 e. The molecule has 0 radical (unpaired) electrons. The SMILES string of the molecule is CC[SiH](CC)Oc1cccc(C(C)(C)C)c1. The first-order valence-electron chi connectivity index (χ1n) is 6.24. The van der Waals surface area contributed by atoms with Crippen LogP contribution < -0.4 is 4.43 Å². The number of rotatable bonds is 4. The van der Waals surface area contributed by atoms with E-state index in [2.05, 4.69) is 58.9 Å². The average Bonchev–Trinajstić information content (AvgIpc) is 2.25. The molecule has 0 unspecified atom stereocenters. The summed E-state index contributed by atoms with van der Waals surface area (Å²) in [4.78, 5) is 0. The molecule has 1 rings (SSSR count). The Morgan fingerprint density at radius 2 is 1.75 bits per heavy atom. The summed E-state index contributed by atoms with van der Waals surface area (Å²) < 4.78 is 6.09. The van der Waals surface area contributed by atoms with Crippen molar-refractivity contribution < 1.29 is 4.43 Å². The molecular weight excluding hydrogens is 212 g/mol. The summed E-state index contributed by atoms with van der Waals surface area (Å²) in [6.07, 6.45) is 0. The van der Waals surface area contributed by atoms with Gasteiger partial charge in [-0.05, 0) is 35.2 Å². The maximum Gasteiger partial charge on any atom is 0.234 e. The van der Waals surface area contributed by atoms with Crippen LogP contribution in [0.2, 0.25) is 12.1 Å². The van der Waals surface area contributed by atoms with Gasteiger partial charge in [-0.25, -0.2) is 0 Å². The first kappa shape index (κ1) is 13.3. The van der Waals surface area contributed by atoms with Gasteiger partial charge < -0.3 is 4.43 Å². The standard InChI is InChI=1S/C14H24OSi/c1-6-16(7-2)15-13-10-8-9-12(11-13)14(3,4)5/h8-11,16H,6-7H2,1-5H3. The summed E-state index contributed by atoms with van der Waals surface area (Å²) in [6.45, 7) is 11.2. The van der Waals surface area contributed by atoms with Crippen molar-refractivity contribution in [3.63, 3.8) is 0 Å². The van der Waals surface area contributed by atoms with Crippen LogP contribution in [0.3, 0.4) is 0 Å². The van der Waals surface area contributed by atoms with Crippen molar-refractivity contribution >= 4 is 9.04 Å². The van der Waals surface area contributed by atoms with Crippen LogP contribution in [0.15, 0.2) is 24.3 Å². The van der Waals surface area contributed by atoms with Crippen LogP contribution in [0.1, 0.15) is 40.2 Å². The minimum atomic E-state index is -0.993. The summed E-state index contributed by atoms with van der Waals surface area (Å²) in [5, 5.41) is 0. The third-order valence-corrected chi connectivity index (χ3v) is 5.34. The molecule has 90 valence electrons. The Morgan fingerprint density at radius 1 is 1.12 bits per heavy atom. The van der Waals surface area contributed by atoms with Crippen molar-refractivity contribution in [1.29, 1.82) is 0 Å². The molecule has 1 aromatic carbocycles. The van der Waals surface area contributed by atoms with Gasteiger partial charge in [0, 0.05) is 0 Å². The Hall–Kier alpha value is -0.763. The lowest BCUT2D eigenvalue weighted by molar-refractivity contribution is 0.551. The number of benzene rings is 1. The molecule has 0 spiro atoms. The van der Waals surface area contributed by atoms with Gasteiger partial charge in [0.1, 0.15) is 5.75 Å². The van der Waals surface area contributed by atoms with Gasteiger partial charge in [0.2, 0.25) is 9.04 Å². The van der Waals surface area contributed by atoms with Crippen LogP contribution >= 0.6 is 0 Å². The lowest BCUT2D eigenvalue weighted by atomic mass is 9.87. The van der Waals surface area contributed by atoms with Crippen molar-refractivity contribution in [3.8, 4) is 5.75 Å². The van der Waals surface area contributed by atoms with Crippen LogP contribution in [0, 0.1) is 0 Å². The molecule has 0 saturated carbocycles. The first-order chi connectivity index (χ1) is 7.47. The lowest BCUT2D eigenvalue weighted by Gasteiger charge is -2.21. The van der Waals surface area contributed by atoms with E-state index in [4.69, 9.17) is 4.43 Å². The summed E-state index contributed by atoms with van der Waals surface area (Å²) in [6, 6.07) is 11.0. The zero-order valence-electron chi connectivity index (χ0n) is 11.2. The molecule has 0 aromatic heterocycles. The van der Waals surface area contributed by atoms with Crippen LogP contribution in [0.4, 0.5) is 0 Å². The Bertz CT molecular complexity index is 324. The van der Waals surface area contributed by atoms with Gasteiger partial charge in [0.15, 0.2) is 0 Å². The zero-order valence-corrected chi connectivity index (χ0v) is 12.4. The van der Waals surface area contributed by atoms with Gasteiger partial charge in [0.05, 0.1) is 0 Å². The molecule has 0 saturated heterocycles. The molecule has 1 nitrogen and oxygen atoms in total. The number of hydrogen-bond acceptors (Lipinski definition) is 1. The third-order valence-electron chi connectivity index (χ3n) is 2.91. The summed E-state index contributed by atoms with van der Waals surface area (Å²) >= 11 is 0. The molecule has 0 heterocycles. The second-order valence-corrected chi connectivity index (χ2v) is 8.45. The van der Waals surface area contributed by atoms with E-state index in [0.717, 1.165) is 5.75 Å². The molecule has 0 fully saturated rings. The largest absolute Gasteiger partial charge is 0.546 e. The molecule has 0 bridgehead atoms. The lowest BCUT2D eigenvalue weighted by Crippen LogP contribution is -2.19. The van der Waals surface area contributed by atoms with Crippen molar-refractivity contribution in [2.24, 2.45) is 0 Å². The van der Waals surface area contributed by atoms with Gasteiger partial charge in [-0.3, -0.25) is 0 Å². The molecule has 2 heteroatoms. The van der Waals surface area contributed by atoms with Crippen LogP contribution in [0.25, 0.3) is 0 Å². The molecule has 0 N–H and O–H groups in total. The van der Waals surface area contributed by atoms with E-state index in [9.17, 15) is 0 Å². The maximum absolute atomic E-state index is 6.09. The third kappa shape index (κ3) is 3.67. The van der Waals surface area contributed by atoms with Crippen molar-refractivity contribution in [2.75, 3.05) is 0 Å². The molecule has 0 aliphatic heterocycles. The van der Waals surface area contributed by atoms with Crippen LogP contribution in [-0.2, 0) is 5.41 Å². The van der Waals surface area contributed by atoms with E-state index in [-0.39, 0.29) is 5.41 Å². The highest BCUT2D eigenvalue weighted by Crippen LogP contribution is 2.26. The Labute approximate surface area is 102 Å². The molecule has 16 heavy (non-hydrogen) atoms. The fourth-order valence-electron chi connectivity index (χ4n) is 1.68. The first-order valence-corrected chi connectivity index (χ1v) is 8.35. The Balaban J connectivity index is 2.82. The average molecular weight is 236 g/mol. The van der Waals surface area contributed by atoms with Crippen molar-refractivity contribution in [2.45, 2.75) is 52.1 Å². The Kier molecular flexibility index (Phi) is 4.60. The highest BCUT2D eigenvalue weighted by molar-refractivity contribution is 6.52. The normalized spacial score (nSPS) is 11.9. The van der Waals surface area contributed by atoms with Crippen LogP contribution in [-0.4, -0.2) is 9.04 Å². The second-order valence-electron chi connectivity index (χ2n) is 5.33. The highest BCUT2D eigenvalue weighted by Gasteiger charge is 2.15. The molecule has 1 aromatic rings. The van der Waals surface area contributed by atoms with Gasteiger partial charge in [-0.1, -0.05) is 46.8 Å². The molecule has 0 amide bonds. The van der Waals surface area contributed by atoms with E-state index in [1.807, 2.05) is 0 Å². The quantitative estimate of drug-likeness (QED) is 0.714. The fraction of sp³-hybridized carbons (Fsp3) is 0.571. The predicted molar refractivity (Wildman–Crippen MR) is 73.9 cm³/mol. The summed E-state index contributed by atoms with van der Waals surface area (Å²) in [5.41, 5.74) is 1.56. The van der Waals surface area contributed by atoms with E-state index < -0.39 is 9.04 Å². The summed E-state index contributed by atoms with van der Waals surface area (Å²) in [5.74, 6) is 1.06. The maximum atomic E-state index is 6.09. The zero-order chi connectivity index (χ0) is 12.2. The highest BCUT2D eigenvalue weighted by atomic mass is 28.3. The fourth-order valence-corrected chi connectivity index (χ4v) is 3.13. The Morgan fingerprint density at radius 3 is 2.25 bits per heavy atom. The van der Waals surface area contributed by atoms with E-state index in [1.165, 1.54) is 17.7 Å². The van der Waals surface area contributed by atoms with Gasteiger partial charge in [-0.15, -0.1) is 0 Å². The van der Waals surface area contributed by atoms with Crippen LogP contribution in [0.5, 0.6) is 5.75 Å². The predicted octanol–water partition coefficient (Wildman–Crippen LogP) is 4.13. The van der Waals surface area contributed by atoms with Crippen molar-refractivity contribution in [1.82, 2.24) is 0 Å². The molecule has 0 aliphatic carbocycles.